The molecule has 82 valence electrons. The SMILES string of the molecule is Cc1cc(N2CCOCC2)c(N)c(C)n1. The van der Waals surface area contributed by atoms with Crippen LogP contribution in [-0.2, 0) is 4.74 Å². The number of ether oxygens (including phenoxy) is 1. The van der Waals surface area contributed by atoms with E-state index in [0.29, 0.717) is 0 Å². The van der Waals surface area contributed by atoms with Crippen LogP contribution in [0.3, 0.4) is 0 Å². The maximum absolute atomic E-state index is 6.04. The number of anilines is 2. The van der Waals surface area contributed by atoms with E-state index in [1.54, 1.807) is 0 Å². The van der Waals surface area contributed by atoms with Gasteiger partial charge in [0, 0.05) is 18.8 Å². The van der Waals surface area contributed by atoms with Gasteiger partial charge in [0.05, 0.1) is 30.3 Å². The quantitative estimate of drug-likeness (QED) is 0.749. The molecule has 1 aromatic rings. The lowest BCUT2D eigenvalue weighted by Crippen LogP contribution is -2.36. The van der Waals surface area contributed by atoms with Gasteiger partial charge in [-0.15, -0.1) is 0 Å². The summed E-state index contributed by atoms with van der Waals surface area (Å²) in [4.78, 5) is 6.61. The molecule has 0 bridgehead atoms. The molecule has 2 rings (SSSR count). The predicted octanol–water partition coefficient (Wildman–Crippen LogP) is 1.12. The van der Waals surface area contributed by atoms with E-state index in [4.69, 9.17) is 10.5 Å². The Morgan fingerprint density at radius 2 is 2.00 bits per heavy atom. The van der Waals surface area contributed by atoms with Gasteiger partial charge in [-0.05, 0) is 19.9 Å². The molecule has 0 radical (unpaired) electrons. The van der Waals surface area contributed by atoms with E-state index in [0.717, 1.165) is 49.1 Å². The zero-order valence-corrected chi connectivity index (χ0v) is 9.29. The second-order valence-corrected chi connectivity index (χ2v) is 3.88. The zero-order chi connectivity index (χ0) is 10.8. The van der Waals surface area contributed by atoms with Crippen molar-refractivity contribution in [2.24, 2.45) is 0 Å². The second kappa shape index (κ2) is 4.06. The van der Waals surface area contributed by atoms with Gasteiger partial charge in [0.25, 0.3) is 0 Å². The smallest absolute Gasteiger partial charge is 0.0768 e. The number of hydrogen-bond acceptors (Lipinski definition) is 4. The van der Waals surface area contributed by atoms with Gasteiger partial charge in [0.15, 0.2) is 0 Å². The Morgan fingerprint density at radius 1 is 1.33 bits per heavy atom. The molecule has 1 aliphatic rings. The van der Waals surface area contributed by atoms with Gasteiger partial charge in [-0.1, -0.05) is 0 Å². The molecule has 4 nitrogen and oxygen atoms in total. The average Bonchev–Trinajstić information content (AvgIpc) is 2.24. The van der Waals surface area contributed by atoms with Crippen LogP contribution in [0.25, 0.3) is 0 Å². The molecule has 2 heterocycles. The molecular weight excluding hydrogens is 190 g/mol. The molecule has 15 heavy (non-hydrogen) atoms. The van der Waals surface area contributed by atoms with Crippen LogP contribution in [0.15, 0.2) is 6.07 Å². The number of morpholine rings is 1. The Hall–Kier alpha value is -1.29. The molecule has 0 saturated carbocycles. The molecule has 0 aliphatic carbocycles. The van der Waals surface area contributed by atoms with Gasteiger partial charge in [0.2, 0.25) is 0 Å². The molecule has 0 unspecified atom stereocenters. The van der Waals surface area contributed by atoms with E-state index >= 15 is 0 Å². The van der Waals surface area contributed by atoms with Crippen LogP contribution < -0.4 is 10.6 Å². The minimum Gasteiger partial charge on any atom is -0.396 e. The van der Waals surface area contributed by atoms with E-state index in [-0.39, 0.29) is 0 Å². The lowest BCUT2D eigenvalue weighted by Gasteiger charge is -2.30. The molecule has 1 saturated heterocycles. The third-order valence-electron chi connectivity index (χ3n) is 2.71. The molecule has 1 aromatic heterocycles. The van der Waals surface area contributed by atoms with E-state index in [1.165, 1.54) is 0 Å². The van der Waals surface area contributed by atoms with Crippen molar-refractivity contribution in [1.82, 2.24) is 4.98 Å². The Morgan fingerprint density at radius 3 is 2.67 bits per heavy atom. The lowest BCUT2D eigenvalue weighted by atomic mass is 10.2. The summed E-state index contributed by atoms with van der Waals surface area (Å²) < 4.78 is 5.32. The number of nitrogens with two attached hydrogens (primary N) is 1. The van der Waals surface area contributed by atoms with Crippen LogP contribution in [-0.4, -0.2) is 31.3 Å². The molecule has 4 heteroatoms. The summed E-state index contributed by atoms with van der Waals surface area (Å²) in [7, 11) is 0. The first kappa shape index (κ1) is 10.2. The van der Waals surface area contributed by atoms with Crippen molar-refractivity contribution in [3.8, 4) is 0 Å². The zero-order valence-electron chi connectivity index (χ0n) is 9.29. The highest BCUT2D eigenvalue weighted by Crippen LogP contribution is 2.26. The first-order valence-corrected chi connectivity index (χ1v) is 5.25. The summed E-state index contributed by atoms with van der Waals surface area (Å²) in [5.41, 5.74) is 9.86. The van der Waals surface area contributed by atoms with Crippen molar-refractivity contribution in [3.63, 3.8) is 0 Å². The second-order valence-electron chi connectivity index (χ2n) is 3.88. The van der Waals surface area contributed by atoms with Crippen molar-refractivity contribution in [2.45, 2.75) is 13.8 Å². The lowest BCUT2D eigenvalue weighted by molar-refractivity contribution is 0.123. The molecule has 0 spiro atoms. The predicted molar refractivity (Wildman–Crippen MR) is 61.2 cm³/mol. The fraction of sp³-hybridized carbons (Fsp3) is 0.545. The highest BCUT2D eigenvalue weighted by Gasteiger charge is 2.15. The molecule has 2 N–H and O–H groups in total. The standard InChI is InChI=1S/C11H17N3O/c1-8-7-10(11(12)9(2)13-8)14-3-5-15-6-4-14/h7H,3-6,12H2,1-2H3. The Balaban J connectivity index is 2.33. The Bertz CT molecular complexity index is 359. The van der Waals surface area contributed by atoms with Crippen LogP contribution in [0.1, 0.15) is 11.4 Å². The number of aryl methyl sites for hydroxylation is 2. The molecule has 0 amide bonds. The van der Waals surface area contributed by atoms with Crippen LogP contribution in [0.5, 0.6) is 0 Å². The third kappa shape index (κ3) is 2.04. The van der Waals surface area contributed by atoms with Gasteiger partial charge in [0.1, 0.15) is 0 Å². The largest absolute Gasteiger partial charge is 0.396 e. The van der Waals surface area contributed by atoms with Gasteiger partial charge in [-0.3, -0.25) is 4.98 Å². The normalized spacial score (nSPS) is 16.8. The first-order valence-electron chi connectivity index (χ1n) is 5.25. The van der Waals surface area contributed by atoms with Crippen LogP contribution in [0.2, 0.25) is 0 Å². The number of nitrogens with zero attached hydrogens (tertiary/aromatic N) is 2. The summed E-state index contributed by atoms with van der Waals surface area (Å²) in [5.74, 6) is 0. The average molecular weight is 207 g/mol. The highest BCUT2D eigenvalue weighted by atomic mass is 16.5. The fourth-order valence-electron chi connectivity index (χ4n) is 1.88. The van der Waals surface area contributed by atoms with Crippen molar-refractivity contribution in [2.75, 3.05) is 36.9 Å². The third-order valence-corrected chi connectivity index (χ3v) is 2.71. The molecule has 1 fully saturated rings. The van der Waals surface area contributed by atoms with Crippen molar-refractivity contribution < 1.29 is 4.74 Å². The summed E-state index contributed by atoms with van der Waals surface area (Å²) in [6.07, 6.45) is 0. The molecular formula is C11H17N3O. The summed E-state index contributed by atoms with van der Waals surface area (Å²) in [6.45, 7) is 7.32. The maximum Gasteiger partial charge on any atom is 0.0768 e. The van der Waals surface area contributed by atoms with Crippen LogP contribution in [0.4, 0.5) is 11.4 Å². The minimum atomic E-state index is 0.778. The van der Waals surface area contributed by atoms with E-state index < -0.39 is 0 Å². The number of nitrogen functional groups attached to an aromatic ring is 1. The first-order chi connectivity index (χ1) is 7.18. The van der Waals surface area contributed by atoms with Gasteiger partial charge in [-0.2, -0.15) is 0 Å². The van der Waals surface area contributed by atoms with Gasteiger partial charge in [-0.25, -0.2) is 0 Å². The monoisotopic (exact) mass is 207 g/mol. The van der Waals surface area contributed by atoms with E-state index in [1.807, 2.05) is 19.9 Å². The van der Waals surface area contributed by atoms with Gasteiger partial charge >= 0.3 is 0 Å². The minimum absolute atomic E-state index is 0.778. The van der Waals surface area contributed by atoms with Crippen molar-refractivity contribution in [3.05, 3.63) is 17.5 Å². The maximum atomic E-state index is 6.04. The molecule has 0 aromatic carbocycles. The number of rotatable bonds is 1. The van der Waals surface area contributed by atoms with Crippen molar-refractivity contribution in [1.29, 1.82) is 0 Å². The topological polar surface area (TPSA) is 51.4 Å². The van der Waals surface area contributed by atoms with E-state index in [2.05, 4.69) is 9.88 Å². The number of hydrogen-bond donors (Lipinski definition) is 1. The van der Waals surface area contributed by atoms with Crippen LogP contribution in [0, 0.1) is 13.8 Å². The van der Waals surface area contributed by atoms with Crippen molar-refractivity contribution >= 4 is 11.4 Å². The summed E-state index contributed by atoms with van der Waals surface area (Å²) in [6, 6.07) is 2.05. The molecule has 0 atom stereocenters. The molecule has 1 aliphatic heterocycles. The van der Waals surface area contributed by atoms with E-state index in [9.17, 15) is 0 Å². The highest BCUT2D eigenvalue weighted by molar-refractivity contribution is 5.70. The Labute approximate surface area is 90.0 Å². The summed E-state index contributed by atoms with van der Waals surface area (Å²) in [5, 5.41) is 0. The van der Waals surface area contributed by atoms with Crippen LogP contribution >= 0.6 is 0 Å². The van der Waals surface area contributed by atoms with Gasteiger partial charge < -0.3 is 15.4 Å². The fourth-order valence-corrected chi connectivity index (χ4v) is 1.88. The number of pyridine rings is 1. The summed E-state index contributed by atoms with van der Waals surface area (Å²) >= 11 is 0. The Kier molecular flexibility index (Phi) is 2.77. The number of aromatic nitrogens is 1.